The van der Waals surface area contributed by atoms with Crippen LogP contribution in [-0.2, 0) is 68.6 Å². The number of aliphatic hydroxyl groups excluding tert-OH is 8. The van der Waals surface area contributed by atoms with Gasteiger partial charge in [0.1, 0.15) is 126 Å². The summed E-state index contributed by atoms with van der Waals surface area (Å²) in [4.78, 5) is 125. The topological polar surface area (TPSA) is 627 Å². The van der Waals surface area contributed by atoms with Gasteiger partial charge in [0, 0.05) is 58.4 Å². The Morgan fingerprint density at radius 2 is 1.30 bits per heavy atom. The van der Waals surface area contributed by atoms with Crippen LogP contribution in [0, 0.1) is 5.92 Å². The zero-order valence-electron chi connectivity index (χ0n) is 67.0. The van der Waals surface area contributed by atoms with E-state index in [9.17, 15) is 75.7 Å². The Labute approximate surface area is 725 Å². The lowest BCUT2D eigenvalue weighted by Crippen LogP contribution is -2.65. The van der Waals surface area contributed by atoms with Crippen molar-refractivity contribution in [2.75, 3.05) is 20.2 Å². The van der Waals surface area contributed by atoms with Gasteiger partial charge in [-0.3, -0.25) is 33.6 Å². The Morgan fingerprint density at radius 1 is 0.672 bits per heavy atom. The van der Waals surface area contributed by atoms with Gasteiger partial charge in [0.05, 0.1) is 47.0 Å². The summed E-state index contributed by atoms with van der Waals surface area (Å²) >= 11 is 20.5. The summed E-state index contributed by atoms with van der Waals surface area (Å²) in [5, 5.41) is 160. The SMILES string of the molecule is CN[C@H](CC(C)C)C(=O)N[C@H]1C(=O)N[C@@H](CC(N)=O)C(=O)N[C@H]2C(=O)N[C@H]3C(=O)N[C@H](C(=O)N[C@@H](C(=O)O)c4cc(O)cc(O)c4-c4cc3ccc4O)[C@H](O[C@H]3C[C@](C)(N)[C@@H](O)[C@H](C)O3)c3ccc(c(Cl)c3)Oc3cc2cc(c3O[C@@H]2O[C@H](CO)[C@@H](O[C@@H]3O[C@H](CNCc4coc(-c5ccc(Cl)cc5)n4)[C@H](O)[C@H](O)[C@H]3O)[C@H](O)[C@H]2O)Oc2ccc(cc2Cl)[C@H]1O. The molecular formula is C82H92Cl3N11O29. The molecule has 0 aliphatic carbocycles. The summed E-state index contributed by atoms with van der Waals surface area (Å²) in [5.41, 5.74) is 8.96. The van der Waals surface area contributed by atoms with E-state index in [0.29, 0.717) is 16.3 Å². The standard InChI is InChI=1S/C82H92Cl3N11O29/c1-30(2)16-44(88-5)72(109)95-60-62(102)34-9-14-48(42(84)18-34)119-50-20-36-21-51(69(50)124-81-67(107)65(105)70(53(28-97)122-81)125-80-66(106)64(104)63(103)52(121-80)27-89-26-38-29-117-78(90-38)32-6-11-37(83)12-7-32)120-49-15-10-35(19-43(49)85)68(123-55-25-82(4,87)71(108)31(3)118-55)61-77(114)94-59(79(115)116)41-22-39(98)23-47(100)56(41)40-17-33(8-13-46(40)99)57(74(111)96-61)93-75(112)58(36)92-73(110)45(24-54(86)101)91-76(60)113/h6-15,17-23,29-31,44-45,52-53,55,57-68,70-71,80-81,88-89,97-100,102-108H,16,24-28,87H2,1-5H3,(H2,86,101)(H,91,113)(H,92,110)(H,93,112)(H,94,114)(H,95,109)(H,96,111)(H,115,116)/t31-,44+,45-,52+,53+,55-,57+,58+,59+,60+,61-,62+,63-,64-,65+,66+,67+,68+,70+,71-,80-,81-,82-/m0/s1. The van der Waals surface area contributed by atoms with Crippen molar-refractivity contribution in [1.82, 2.24) is 47.5 Å². The Bertz CT molecular complexity index is 5230. The maximum Gasteiger partial charge on any atom is 0.330 e. The molecule has 7 amide bonds. The highest BCUT2D eigenvalue weighted by Gasteiger charge is 2.53. The molecular weight excluding hydrogens is 1710 g/mol. The number of halogens is 3. The van der Waals surface area contributed by atoms with E-state index in [1.165, 1.54) is 39.3 Å². The van der Waals surface area contributed by atoms with Gasteiger partial charge >= 0.3 is 5.97 Å². The van der Waals surface area contributed by atoms with Crippen molar-refractivity contribution < 1.29 is 142 Å². The van der Waals surface area contributed by atoms with Gasteiger partial charge in [0.25, 0.3) is 0 Å². The van der Waals surface area contributed by atoms with E-state index >= 15 is 24.0 Å². The molecule has 40 nitrogen and oxygen atoms in total. The molecule has 3 saturated heterocycles. The Hall–Kier alpha value is -10.7. The second-order valence-corrected chi connectivity index (χ2v) is 32.9. The lowest BCUT2D eigenvalue weighted by Gasteiger charge is -2.46. The molecule has 6 aromatic carbocycles. The van der Waals surface area contributed by atoms with Gasteiger partial charge in [-0.15, -0.1) is 0 Å². The maximum absolute atomic E-state index is 16.4. The molecule has 9 heterocycles. The molecule has 23 atom stereocenters. The molecule has 8 aliphatic heterocycles. The fraction of sp³-hybridized carbons (Fsp3) is 0.427. The molecule has 8 aliphatic rings. The van der Waals surface area contributed by atoms with Crippen LogP contribution in [0.5, 0.6) is 46.0 Å². The van der Waals surface area contributed by atoms with E-state index < -0.39 is 284 Å². The van der Waals surface area contributed by atoms with E-state index in [1.807, 2.05) is 0 Å². The first-order valence-corrected chi connectivity index (χ1v) is 40.5. The fourth-order valence-corrected chi connectivity index (χ4v) is 16.0. The van der Waals surface area contributed by atoms with Gasteiger partial charge in [0.2, 0.25) is 59.3 Å². The van der Waals surface area contributed by atoms with Crippen LogP contribution >= 0.6 is 34.8 Å². The predicted octanol–water partition coefficient (Wildman–Crippen LogP) is 1.04. The number of hydrogen-bond donors (Lipinski definition) is 22. The number of aliphatic carboxylic acids is 1. The third-order valence-electron chi connectivity index (χ3n) is 22.0. The predicted molar refractivity (Wildman–Crippen MR) is 433 cm³/mol. The van der Waals surface area contributed by atoms with Gasteiger partial charge in [-0.1, -0.05) is 66.8 Å². The molecule has 0 spiro atoms. The smallest absolute Gasteiger partial charge is 0.330 e. The number of aromatic nitrogens is 1. The Kier molecular flexibility index (Phi) is 28.2. The molecule has 0 saturated carbocycles. The number of primary amides is 1. The minimum Gasteiger partial charge on any atom is -0.508 e. The average molecular weight is 1800 g/mol. The van der Waals surface area contributed by atoms with Crippen molar-refractivity contribution in [2.45, 2.75) is 193 Å². The number of carbonyl (C=O) groups is 8. The van der Waals surface area contributed by atoms with Gasteiger partial charge < -0.3 is 158 Å². The van der Waals surface area contributed by atoms with Crippen LogP contribution in [0.4, 0.5) is 0 Å². The number of carboxylic acids is 1. The number of carboxylic acid groups (broad SMARTS) is 1. The molecule has 0 unspecified atom stereocenters. The number of oxazole rings is 1. The third kappa shape index (κ3) is 20.1. The molecule has 24 N–H and O–H groups in total. The van der Waals surface area contributed by atoms with Crippen LogP contribution in [0.3, 0.4) is 0 Å². The lowest BCUT2D eigenvalue weighted by molar-refractivity contribution is -0.350. The molecule has 7 aromatic rings. The van der Waals surface area contributed by atoms with Crippen molar-refractivity contribution in [3.05, 3.63) is 158 Å². The monoisotopic (exact) mass is 1800 g/mol. The van der Waals surface area contributed by atoms with Crippen molar-refractivity contribution in [3.8, 4) is 68.6 Å². The van der Waals surface area contributed by atoms with Crippen molar-refractivity contribution in [2.24, 2.45) is 17.4 Å². The normalized spacial score (nSPS) is 29.8. The number of fused-ring (bicyclic) bond motifs is 15. The molecule has 15 rings (SSSR count). The number of ether oxygens (including phenoxy) is 8. The molecule has 43 heteroatoms. The van der Waals surface area contributed by atoms with Crippen molar-refractivity contribution >= 4 is 82.1 Å². The highest BCUT2D eigenvalue weighted by Crippen LogP contribution is 2.50. The van der Waals surface area contributed by atoms with Crippen LogP contribution in [0.1, 0.15) is 111 Å². The van der Waals surface area contributed by atoms with Gasteiger partial charge in [0.15, 0.2) is 30.1 Å². The Morgan fingerprint density at radius 3 is 1.94 bits per heavy atom. The summed E-state index contributed by atoms with van der Waals surface area (Å²) in [6.07, 6.45) is -28.1. The van der Waals surface area contributed by atoms with Crippen LogP contribution in [0.15, 0.2) is 114 Å². The number of amides is 7. The van der Waals surface area contributed by atoms with E-state index in [4.69, 9.17) is 88.6 Å². The first kappa shape index (κ1) is 92.0. The van der Waals surface area contributed by atoms with E-state index in [2.05, 4.69) is 47.5 Å². The number of likely N-dealkylation sites (N-methyl/N-ethyl adjacent to an activating group) is 1. The van der Waals surface area contributed by atoms with Crippen molar-refractivity contribution in [1.29, 1.82) is 0 Å². The van der Waals surface area contributed by atoms with Gasteiger partial charge in [-0.25, -0.2) is 9.78 Å². The minimum absolute atomic E-state index is 0.0114. The van der Waals surface area contributed by atoms with Crippen molar-refractivity contribution in [3.63, 3.8) is 0 Å². The zero-order chi connectivity index (χ0) is 90.2. The van der Waals surface area contributed by atoms with Crippen LogP contribution in [-0.4, -0.2) is 243 Å². The van der Waals surface area contributed by atoms with E-state index in [-0.39, 0.29) is 48.9 Å². The number of aromatic hydroxyl groups is 3. The number of benzene rings is 6. The number of aliphatic hydroxyl groups is 8. The zero-order valence-corrected chi connectivity index (χ0v) is 69.2. The molecule has 0 radical (unpaired) electrons. The summed E-state index contributed by atoms with van der Waals surface area (Å²) in [5.74, 6) is -16.5. The van der Waals surface area contributed by atoms with Crippen LogP contribution < -0.4 is 68.2 Å². The highest BCUT2D eigenvalue weighted by atomic mass is 35.5. The number of hydrogen-bond acceptors (Lipinski definition) is 32. The molecule has 11 bridgehead atoms. The van der Waals surface area contributed by atoms with E-state index in [1.54, 1.807) is 38.1 Å². The fourth-order valence-electron chi connectivity index (χ4n) is 15.5. The summed E-state index contributed by atoms with van der Waals surface area (Å²) < 4.78 is 56.8. The third-order valence-corrected chi connectivity index (χ3v) is 22.8. The lowest BCUT2D eigenvalue weighted by atomic mass is 9.86. The molecule has 670 valence electrons. The van der Waals surface area contributed by atoms with Crippen LogP contribution in [0.25, 0.3) is 22.6 Å². The van der Waals surface area contributed by atoms with Gasteiger partial charge in [-0.05, 0) is 134 Å². The minimum atomic E-state index is -2.43. The first-order chi connectivity index (χ1) is 59.3. The highest BCUT2D eigenvalue weighted by molar-refractivity contribution is 6.32. The number of nitrogens with one attached hydrogen (secondary N) is 8. The number of carbonyl (C=O) groups excluding carboxylic acids is 7. The Balaban J connectivity index is 0.967. The largest absolute Gasteiger partial charge is 0.508 e. The summed E-state index contributed by atoms with van der Waals surface area (Å²) in [6.45, 7) is 5.15. The second kappa shape index (κ2) is 38.3. The molecule has 125 heavy (non-hydrogen) atoms. The molecule has 3 fully saturated rings. The summed E-state index contributed by atoms with van der Waals surface area (Å²) in [7, 11) is 1.46. The number of nitrogens with zero attached hydrogens (tertiary/aromatic N) is 1. The summed E-state index contributed by atoms with van der Waals surface area (Å²) in [6, 6.07) is 5.57. The average Bonchev–Trinajstić information content (AvgIpc) is 1.12. The maximum atomic E-state index is 16.4. The number of phenolic OH excluding ortho intramolecular Hbond substituents is 3. The van der Waals surface area contributed by atoms with E-state index in [0.717, 1.165) is 66.7 Å². The number of nitrogens with two attached hydrogens (primary N) is 2. The number of phenols is 3. The first-order valence-electron chi connectivity index (χ1n) is 39.3. The number of rotatable bonds is 20. The van der Waals surface area contributed by atoms with Gasteiger partial charge in [-0.2, -0.15) is 0 Å². The second-order valence-electron chi connectivity index (χ2n) is 31.6. The van der Waals surface area contributed by atoms with Crippen LogP contribution in [0.2, 0.25) is 15.1 Å². The molecule has 1 aromatic heterocycles. The quantitative estimate of drug-likeness (QED) is 0.0507.